The van der Waals surface area contributed by atoms with Crippen molar-refractivity contribution >= 4 is 29.6 Å². The lowest BCUT2D eigenvalue weighted by Gasteiger charge is -2.17. The van der Waals surface area contributed by atoms with E-state index in [-0.39, 0.29) is 17.9 Å². The third-order valence-corrected chi connectivity index (χ3v) is 4.27. The normalized spacial score (nSPS) is 11.9. The Bertz CT molecular complexity index is 903. The predicted molar refractivity (Wildman–Crippen MR) is 108 cm³/mol. The maximum atomic E-state index is 12.4. The number of esters is 1. The van der Waals surface area contributed by atoms with Crippen LogP contribution < -0.4 is 14.8 Å². The van der Waals surface area contributed by atoms with Crippen molar-refractivity contribution in [1.29, 1.82) is 0 Å². The highest BCUT2D eigenvalue weighted by atomic mass is 35.5. The van der Waals surface area contributed by atoms with Crippen molar-refractivity contribution in [2.24, 2.45) is 0 Å². The number of rotatable bonds is 9. The molecule has 0 bridgehead atoms. The van der Waals surface area contributed by atoms with E-state index in [9.17, 15) is 18.4 Å². The number of methoxy groups -OCH3 is 2. The summed E-state index contributed by atoms with van der Waals surface area (Å²) >= 11 is 5.89. The number of hydrogen-bond donors (Lipinski definition) is 1. The second-order valence-electron chi connectivity index (χ2n) is 6.02. The van der Waals surface area contributed by atoms with E-state index >= 15 is 0 Å². The molecule has 1 unspecified atom stereocenters. The Balaban J connectivity index is 2.13. The molecule has 1 amide bonds. The van der Waals surface area contributed by atoms with Crippen molar-refractivity contribution < 1.29 is 32.6 Å². The molecule has 0 heterocycles. The third-order valence-electron chi connectivity index (χ3n) is 4.02. The first-order chi connectivity index (χ1) is 14.3. The lowest BCUT2D eigenvalue weighted by Crippen LogP contribution is -2.29. The van der Waals surface area contributed by atoms with Crippen LogP contribution in [0.2, 0.25) is 5.02 Å². The zero-order valence-corrected chi connectivity index (χ0v) is 17.0. The van der Waals surface area contributed by atoms with E-state index < -0.39 is 24.5 Å². The van der Waals surface area contributed by atoms with Gasteiger partial charge >= 0.3 is 12.6 Å². The Hall–Kier alpha value is -3.13. The summed E-state index contributed by atoms with van der Waals surface area (Å²) in [5, 5.41) is 3.25. The molecule has 2 aromatic carbocycles. The number of hydrogen-bond acceptors (Lipinski definition) is 5. The van der Waals surface area contributed by atoms with Gasteiger partial charge in [-0.15, -0.1) is 0 Å². The molecule has 0 saturated carbocycles. The van der Waals surface area contributed by atoms with E-state index in [0.29, 0.717) is 16.1 Å². The fourth-order valence-corrected chi connectivity index (χ4v) is 2.70. The first-order valence-electron chi connectivity index (χ1n) is 8.76. The minimum Gasteiger partial charge on any atom is -0.493 e. The first kappa shape index (κ1) is 23.2. The van der Waals surface area contributed by atoms with Crippen molar-refractivity contribution in [3.8, 4) is 11.5 Å². The van der Waals surface area contributed by atoms with Crippen LogP contribution in [0.4, 0.5) is 8.78 Å². The molecule has 0 spiro atoms. The van der Waals surface area contributed by atoms with Gasteiger partial charge in [0.05, 0.1) is 26.7 Å². The molecule has 1 N–H and O–H groups in total. The van der Waals surface area contributed by atoms with E-state index in [4.69, 9.17) is 16.3 Å². The Kier molecular flexibility index (Phi) is 8.61. The zero-order chi connectivity index (χ0) is 22.1. The fourth-order valence-electron chi connectivity index (χ4n) is 2.57. The largest absolute Gasteiger partial charge is 0.493 e. The summed E-state index contributed by atoms with van der Waals surface area (Å²) in [4.78, 5) is 24.1. The summed E-state index contributed by atoms with van der Waals surface area (Å²) < 4.78 is 38.9. The number of amides is 1. The molecule has 0 aromatic heterocycles. The third kappa shape index (κ3) is 7.04. The summed E-state index contributed by atoms with van der Waals surface area (Å²) in [5.74, 6) is -0.970. The molecule has 0 aliphatic carbocycles. The molecule has 2 aromatic rings. The summed E-state index contributed by atoms with van der Waals surface area (Å²) in [6.45, 7) is -2.98. The van der Waals surface area contributed by atoms with Gasteiger partial charge in [-0.2, -0.15) is 8.78 Å². The maximum Gasteiger partial charge on any atom is 0.387 e. The van der Waals surface area contributed by atoms with Crippen LogP contribution in [-0.2, 0) is 14.3 Å². The second-order valence-corrected chi connectivity index (χ2v) is 6.45. The van der Waals surface area contributed by atoms with Gasteiger partial charge in [-0.3, -0.25) is 9.59 Å². The summed E-state index contributed by atoms with van der Waals surface area (Å²) in [6, 6.07) is 10.3. The first-order valence-corrected chi connectivity index (χ1v) is 9.14. The van der Waals surface area contributed by atoms with Gasteiger partial charge in [0.2, 0.25) is 5.91 Å². The van der Waals surface area contributed by atoms with Crippen LogP contribution in [0, 0.1) is 0 Å². The van der Waals surface area contributed by atoms with Crippen LogP contribution in [0.5, 0.6) is 11.5 Å². The molecular formula is C21H20ClF2NO5. The standard InChI is InChI=1S/C21H20ClF2NO5/c1-28-18-11-13(3-9-17(18)30-21(23)24)4-10-19(26)25-16(12-20(27)29-2)14-5-7-15(22)8-6-14/h3-11,16,21H,12H2,1-2H3,(H,25,26)/b10-4+. The Labute approximate surface area is 177 Å². The molecule has 1 atom stereocenters. The monoisotopic (exact) mass is 439 g/mol. The molecular weight excluding hydrogens is 420 g/mol. The molecule has 30 heavy (non-hydrogen) atoms. The van der Waals surface area contributed by atoms with Gasteiger partial charge in [-0.05, 0) is 41.5 Å². The van der Waals surface area contributed by atoms with E-state index in [0.717, 1.165) is 0 Å². The average Bonchev–Trinajstić information content (AvgIpc) is 2.72. The van der Waals surface area contributed by atoms with Crippen molar-refractivity contribution in [3.63, 3.8) is 0 Å². The molecule has 0 radical (unpaired) electrons. The highest BCUT2D eigenvalue weighted by Gasteiger charge is 2.18. The smallest absolute Gasteiger partial charge is 0.387 e. The number of carbonyl (C=O) groups is 2. The zero-order valence-electron chi connectivity index (χ0n) is 16.2. The molecule has 9 heteroatoms. The minimum absolute atomic E-state index is 0.0643. The van der Waals surface area contributed by atoms with Crippen molar-refractivity contribution in [2.45, 2.75) is 19.1 Å². The van der Waals surface area contributed by atoms with E-state index in [1.54, 1.807) is 24.3 Å². The molecule has 0 fully saturated rings. The molecule has 2 rings (SSSR count). The number of alkyl halides is 2. The topological polar surface area (TPSA) is 73.9 Å². The number of ether oxygens (including phenoxy) is 3. The summed E-state index contributed by atoms with van der Waals surface area (Å²) in [6.07, 6.45) is 2.66. The van der Waals surface area contributed by atoms with Gasteiger partial charge in [-0.25, -0.2) is 0 Å². The summed E-state index contributed by atoms with van der Waals surface area (Å²) in [5.41, 5.74) is 1.21. The van der Waals surface area contributed by atoms with E-state index in [1.807, 2.05) is 0 Å². The lowest BCUT2D eigenvalue weighted by atomic mass is 10.0. The van der Waals surface area contributed by atoms with Crippen LogP contribution in [0.25, 0.3) is 6.08 Å². The highest BCUT2D eigenvalue weighted by molar-refractivity contribution is 6.30. The van der Waals surface area contributed by atoms with Gasteiger partial charge in [-0.1, -0.05) is 29.8 Å². The quantitative estimate of drug-likeness (QED) is 0.463. The second kappa shape index (κ2) is 11.2. The van der Waals surface area contributed by atoms with Gasteiger partial charge in [0.1, 0.15) is 0 Å². The van der Waals surface area contributed by atoms with Crippen molar-refractivity contribution in [1.82, 2.24) is 5.32 Å². The van der Waals surface area contributed by atoms with Crippen molar-refractivity contribution in [2.75, 3.05) is 14.2 Å². The SMILES string of the molecule is COC(=O)CC(NC(=O)/C=C/c1ccc(OC(F)F)c(OC)c1)c1ccc(Cl)cc1. The van der Waals surface area contributed by atoms with E-state index in [2.05, 4.69) is 14.8 Å². The van der Waals surface area contributed by atoms with Gasteiger partial charge < -0.3 is 19.5 Å². The van der Waals surface area contributed by atoms with Gasteiger partial charge in [0.25, 0.3) is 0 Å². The van der Waals surface area contributed by atoms with Crippen LogP contribution in [0.15, 0.2) is 48.5 Å². The number of halogens is 3. The van der Waals surface area contributed by atoms with Crippen LogP contribution in [0.1, 0.15) is 23.6 Å². The minimum atomic E-state index is -2.98. The number of nitrogens with one attached hydrogen (secondary N) is 1. The van der Waals surface area contributed by atoms with Crippen LogP contribution in [-0.4, -0.2) is 32.7 Å². The fraction of sp³-hybridized carbons (Fsp3) is 0.238. The average molecular weight is 440 g/mol. The van der Waals surface area contributed by atoms with Gasteiger partial charge in [0, 0.05) is 11.1 Å². The molecule has 160 valence electrons. The number of carbonyl (C=O) groups excluding carboxylic acids is 2. The molecule has 0 saturated heterocycles. The molecule has 6 nitrogen and oxygen atoms in total. The summed E-state index contributed by atoms with van der Waals surface area (Å²) in [7, 11) is 2.58. The number of benzene rings is 2. The maximum absolute atomic E-state index is 12.4. The van der Waals surface area contributed by atoms with E-state index in [1.165, 1.54) is 44.6 Å². The molecule has 0 aliphatic rings. The lowest BCUT2D eigenvalue weighted by molar-refractivity contribution is -0.141. The van der Waals surface area contributed by atoms with Crippen LogP contribution >= 0.6 is 11.6 Å². The predicted octanol–water partition coefficient (Wildman–Crippen LogP) is 4.38. The van der Waals surface area contributed by atoms with Crippen molar-refractivity contribution in [3.05, 3.63) is 64.7 Å². The highest BCUT2D eigenvalue weighted by Crippen LogP contribution is 2.30. The van der Waals surface area contributed by atoms with Gasteiger partial charge in [0.15, 0.2) is 11.5 Å². The van der Waals surface area contributed by atoms with Crippen LogP contribution in [0.3, 0.4) is 0 Å². The Morgan fingerprint density at radius 1 is 1.10 bits per heavy atom. The Morgan fingerprint density at radius 2 is 1.80 bits per heavy atom. The molecule has 0 aliphatic heterocycles. The Morgan fingerprint density at radius 3 is 2.40 bits per heavy atom.